The van der Waals surface area contributed by atoms with Crippen molar-refractivity contribution in [2.24, 2.45) is 0 Å². The standard InChI is InChI=1S/C17H15ClN2O3S/c1-11(23-16(21)5-2-12-6-7-24-10-12)17(22)20-14-4-3-13(9-19)15(18)8-14/h3-4,6-8,10-11H,2,5H2,1H3,(H,20,22)/t11-/m0/s1. The maximum absolute atomic E-state index is 12.1. The number of halogens is 1. The van der Waals surface area contributed by atoms with Crippen molar-refractivity contribution in [2.75, 3.05) is 5.32 Å². The van der Waals surface area contributed by atoms with Crippen LogP contribution in [-0.2, 0) is 20.7 Å². The topological polar surface area (TPSA) is 79.2 Å². The van der Waals surface area contributed by atoms with Gasteiger partial charge in [-0.3, -0.25) is 9.59 Å². The van der Waals surface area contributed by atoms with Crippen molar-refractivity contribution in [3.8, 4) is 6.07 Å². The smallest absolute Gasteiger partial charge is 0.306 e. The predicted octanol–water partition coefficient (Wildman–Crippen LogP) is 3.78. The van der Waals surface area contributed by atoms with Crippen LogP contribution < -0.4 is 5.32 Å². The van der Waals surface area contributed by atoms with Gasteiger partial charge in [-0.2, -0.15) is 16.6 Å². The Bertz CT molecular complexity index is 769. The Balaban J connectivity index is 1.84. The lowest BCUT2D eigenvalue weighted by molar-refractivity contribution is -0.153. The molecule has 0 fully saturated rings. The number of hydrogen-bond donors (Lipinski definition) is 1. The van der Waals surface area contributed by atoms with Crippen molar-refractivity contribution in [3.05, 3.63) is 51.2 Å². The van der Waals surface area contributed by atoms with Crippen molar-refractivity contribution < 1.29 is 14.3 Å². The number of aryl methyl sites for hydroxylation is 1. The predicted molar refractivity (Wildman–Crippen MR) is 93.0 cm³/mol. The first-order valence-electron chi connectivity index (χ1n) is 7.20. The molecule has 0 saturated heterocycles. The fraction of sp³-hybridized carbons (Fsp3) is 0.235. The van der Waals surface area contributed by atoms with E-state index in [9.17, 15) is 9.59 Å². The number of anilines is 1. The minimum absolute atomic E-state index is 0.219. The molecule has 0 bridgehead atoms. The molecule has 1 N–H and O–H groups in total. The van der Waals surface area contributed by atoms with E-state index in [2.05, 4.69) is 5.32 Å². The van der Waals surface area contributed by atoms with E-state index in [0.717, 1.165) is 5.56 Å². The second-order valence-electron chi connectivity index (χ2n) is 5.06. The third-order valence-corrected chi connectivity index (χ3v) is 4.28. The van der Waals surface area contributed by atoms with Crippen molar-refractivity contribution in [3.63, 3.8) is 0 Å². The van der Waals surface area contributed by atoms with E-state index in [1.54, 1.807) is 17.4 Å². The van der Waals surface area contributed by atoms with Gasteiger partial charge in [-0.1, -0.05) is 11.6 Å². The third kappa shape index (κ3) is 5.08. The van der Waals surface area contributed by atoms with Gasteiger partial charge in [0.05, 0.1) is 10.6 Å². The summed E-state index contributed by atoms with van der Waals surface area (Å²) >= 11 is 7.48. The van der Waals surface area contributed by atoms with Crippen LogP contribution in [0.2, 0.25) is 5.02 Å². The number of hydrogen-bond acceptors (Lipinski definition) is 5. The molecule has 0 aliphatic rings. The van der Waals surface area contributed by atoms with Gasteiger partial charge in [-0.05, 0) is 53.9 Å². The van der Waals surface area contributed by atoms with Gasteiger partial charge < -0.3 is 10.1 Å². The Morgan fingerprint density at radius 1 is 1.42 bits per heavy atom. The number of rotatable bonds is 6. The Kier molecular flexibility index (Phi) is 6.36. The Morgan fingerprint density at radius 3 is 2.83 bits per heavy atom. The van der Waals surface area contributed by atoms with Gasteiger partial charge >= 0.3 is 5.97 Å². The van der Waals surface area contributed by atoms with E-state index < -0.39 is 18.0 Å². The Labute approximate surface area is 148 Å². The van der Waals surface area contributed by atoms with Crippen molar-refractivity contribution in [1.82, 2.24) is 0 Å². The first-order valence-corrected chi connectivity index (χ1v) is 8.52. The minimum atomic E-state index is -0.922. The number of amides is 1. The highest BCUT2D eigenvalue weighted by Gasteiger charge is 2.18. The first-order chi connectivity index (χ1) is 11.5. The highest BCUT2D eigenvalue weighted by molar-refractivity contribution is 7.07. The summed E-state index contributed by atoms with van der Waals surface area (Å²) in [5, 5.41) is 15.6. The van der Waals surface area contributed by atoms with Gasteiger partial charge in [0, 0.05) is 12.1 Å². The van der Waals surface area contributed by atoms with Crippen LogP contribution in [0.25, 0.3) is 0 Å². The van der Waals surface area contributed by atoms with Gasteiger partial charge in [0.2, 0.25) is 0 Å². The number of esters is 1. The zero-order valence-corrected chi connectivity index (χ0v) is 14.5. The summed E-state index contributed by atoms with van der Waals surface area (Å²) in [4.78, 5) is 23.8. The molecule has 124 valence electrons. The average molecular weight is 363 g/mol. The monoisotopic (exact) mass is 362 g/mol. The molecule has 1 amide bonds. The van der Waals surface area contributed by atoms with Crippen LogP contribution >= 0.6 is 22.9 Å². The molecule has 0 unspecified atom stereocenters. The van der Waals surface area contributed by atoms with Crippen LogP contribution in [0, 0.1) is 11.3 Å². The zero-order valence-electron chi connectivity index (χ0n) is 12.9. The molecule has 7 heteroatoms. The molecule has 2 rings (SSSR count). The summed E-state index contributed by atoms with van der Waals surface area (Å²) in [5.41, 5.74) is 1.83. The molecule has 0 saturated carbocycles. The van der Waals surface area contributed by atoms with E-state index in [-0.39, 0.29) is 11.4 Å². The van der Waals surface area contributed by atoms with Crippen LogP contribution in [-0.4, -0.2) is 18.0 Å². The first kappa shape index (κ1) is 18.0. The van der Waals surface area contributed by atoms with E-state index in [1.807, 2.05) is 22.9 Å². The van der Waals surface area contributed by atoms with Crippen LogP contribution in [0.4, 0.5) is 5.69 Å². The largest absolute Gasteiger partial charge is 0.453 e. The lowest BCUT2D eigenvalue weighted by atomic mass is 10.2. The molecule has 5 nitrogen and oxygen atoms in total. The van der Waals surface area contributed by atoms with Gasteiger partial charge in [0.1, 0.15) is 6.07 Å². The van der Waals surface area contributed by atoms with E-state index >= 15 is 0 Å². The van der Waals surface area contributed by atoms with Gasteiger partial charge in [-0.15, -0.1) is 0 Å². The van der Waals surface area contributed by atoms with Crippen LogP contribution in [0.3, 0.4) is 0 Å². The number of benzene rings is 1. The maximum atomic E-state index is 12.1. The lowest BCUT2D eigenvalue weighted by Crippen LogP contribution is -2.30. The maximum Gasteiger partial charge on any atom is 0.306 e. The summed E-state index contributed by atoms with van der Waals surface area (Å²) in [6.45, 7) is 1.50. The van der Waals surface area contributed by atoms with Gasteiger partial charge in [0.15, 0.2) is 6.10 Å². The quantitative estimate of drug-likeness (QED) is 0.793. The highest BCUT2D eigenvalue weighted by Crippen LogP contribution is 2.20. The summed E-state index contributed by atoms with van der Waals surface area (Å²) in [7, 11) is 0. The van der Waals surface area contributed by atoms with Crippen molar-refractivity contribution in [2.45, 2.75) is 25.9 Å². The van der Waals surface area contributed by atoms with Crippen LogP contribution in [0.15, 0.2) is 35.0 Å². The fourth-order valence-electron chi connectivity index (χ4n) is 1.92. The van der Waals surface area contributed by atoms with E-state index in [4.69, 9.17) is 21.6 Å². The number of carbonyl (C=O) groups is 2. The lowest BCUT2D eigenvalue weighted by Gasteiger charge is -2.13. The van der Waals surface area contributed by atoms with Crippen molar-refractivity contribution >= 4 is 40.5 Å². The number of nitriles is 1. The molecule has 1 aromatic heterocycles. The fourth-order valence-corrected chi connectivity index (χ4v) is 2.84. The molecular weight excluding hydrogens is 348 g/mol. The Hall–Kier alpha value is -2.36. The second-order valence-corrected chi connectivity index (χ2v) is 6.25. The average Bonchev–Trinajstić information content (AvgIpc) is 3.06. The molecule has 1 heterocycles. The van der Waals surface area contributed by atoms with Crippen LogP contribution in [0.5, 0.6) is 0 Å². The number of nitrogens with one attached hydrogen (secondary N) is 1. The van der Waals surface area contributed by atoms with Crippen molar-refractivity contribution in [1.29, 1.82) is 5.26 Å². The molecular formula is C17H15ClN2O3S. The SMILES string of the molecule is C[C@H](OC(=O)CCc1ccsc1)C(=O)Nc1ccc(C#N)c(Cl)c1. The van der Waals surface area contributed by atoms with E-state index in [0.29, 0.717) is 17.7 Å². The number of ether oxygens (including phenoxy) is 1. The molecule has 0 spiro atoms. The van der Waals surface area contributed by atoms with Gasteiger partial charge in [-0.25, -0.2) is 0 Å². The molecule has 24 heavy (non-hydrogen) atoms. The summed E-state index contributed by atoms with van der Waals surface area (Å²) in [6, 6.07) is 8.43. The van der Waals surface area contributed by atoms with Gasteiger partial charge in [0.25, 0.3) is 5.91 Å². The minimum Gasteiger partial charge on any atom is -0.453 e. The summed E-state index contributed by atoms with van der Waals surface area (Å²) in [5.74, 6) is -0.888. The number of carbonyl (C=O) groups excluding carboxylic acids is 2. The summed E-state index contributed by atoms with van der Waals surface area (Å²) in [6.07, 6.45) is -0.117. The number of nitrogens with zero attached hydrogens (tertiary/aromatic N) is 1. The summed E-state index contributed by atoms with van der Waals surface area (Å²) < 4.78 is 5.12. The van der Waals surface area contributed by atoms with E-state index in [1.165, 1.54) is 19.1 Å². The molecule has 1 atom stereocenters. The number of thiophene rings is 1. The molecule has 0 aliphatic carbocycles. The normalized spacial score (nSPS) is 11.4. The molecule has 1 aromatic carbocycles. The molecule has 2 aromatic rings. The highest BCUT2D eigenvalue weighted by atomic mass is 35.5. The molecule has 0 aliphatic heterocycles. The Morgan fingerprint density at radius 2 is 2.21 bits per heavy atom. The zero-order chi connectivity index (χ0) is 17.5. The third-order valence-electron chi connectivity index (χ3n) is 3.23. The molecule has 0 radical (unpaired) electrons. The van der Waals surface area contributed by atoms with Crippen LogP contribution in [0.1, 0.15) is 24.5 Å². The second kappa shape index (κ2) is 8.48.